The minimum absolute atomic E-state index is 0.119. The molecular weight excluding hydrogens is 378 g/mol. The second-order valence-electron chi connectivity index (χ2n) is 7.21. The Labute approximate surface area is 167 Å². The Morgan fingerprint density at radius 2 is 1.86 bits per heavy atom. The number of benzene rings is 2. The fourth-order valence-corrected chi connectivity index (χ4v) is 3.73. The molecule has 5 nitrogen and oxygen atoms in total. The van der Waals surface area contributed by atoms with Crippen LogP contribution >= 0.6 is 0 Å². The molecule has 0 bridgehead atoms. The number of rotatable bonds is 4. The molecule has 2 heterocycles. The first kappa shape index (κ1) is 19.4. The molecule has 0 unspecified atom stereocenters. The summed E-state index contributed by atoms with van der Waals surface area (Å²) >= 11 is 0. The number of ether oxygens (including phenoxy) is 1. The molecule has 1 amide bonds. The molecule has 152 valence electrons. The Bertz CT molecular complexity index is 1060. The first-order valence-corrected chi connectivity index (χ1v) is 9.49. The van der Waals surface area contributed by atoms with Gasteiger partial charge in [-0.3, -0.25) is 9.69 Å². The molecule has 0 N–H and O–H groups in total. The van der Waals surface area contributed by atoms with E-state index in [1.54, 1.807) is 30.0 Å². The molecule has 0 saturated carbocycles. The molecular formula is C22H22F2N2O3. The summed E-state index contributed by atoms with van der Waals surface area (Å²) in [5, 5.41) is 0.619. The zero-order valence-corrected chi connectivity index (χ0v) is 16.4. The molecule has 1 aliphatic heterocycles. The lowest BCUT2D eigenvalue weighted by atomic mass is 10.1. The molecule has 2 aromatic carbocycles. The molecule has 1 saturated heterocycles. The number of methoxy groups -OCH3 is 1. The molecule has 0 atom stereocenters. The van der Waals surface area contributed by atoms with Gasteiger partial charge in [-0.1, -0.05) is 18.2 Å². The van der Waals surface area contributed by atoms with Gasteiger partial charge < -0.3 is 14.1 Å². The monoisotopic (exact) mass is 400 g/mol. The van der Waals surface area contributed by atoms with Crippen LogP contribution in [-0.4, -0.2) is 49.0 Å². The van der Waals surface area contributed by atoms with Gasteiger partial charge in [-0.25, -0.2) is 8.78 Å². The highest BCUT2D eigenvalue weighted by molar-refractivity contribution is 5.99. The third kappa shape index (κ3) is 3.70. The smallest absolute Gasteiger partial charge is 0.289 e. The number of furan rings is 1. The molecule has 3 aromatic rings. The summed E-state index contributed by atoms with van der Waals surface area (Å²) in [7, 11) is 1.44. The van der Waals surface area contributed by atoms with Crippen LogP contribution in [-0.2, 0) is 6.54 Å². The van der Waals surface area contributed by atoms with E-state index in [1.807, 2.05) is 6.07 Å². The van der Waals surface area contributed by atoms with Crippen molar-refractivity contribution in [3.05, 3.63) is 64.9 Å². The van der Waals surface area contributed by atoms with Crippen LogP contribution in [0.1, 0.15) is 21.7 Å². The van der Waals surface area contributed by atoms with E-state index in [2.05, 4.69) is 4.90 Å². The van der Waals surface area contributed by atoms with Crippen molar-refractivity contribution in [2.45, 2.75) is 13.5 Å². The maximum Gasteiger partial charge on any atom is 0.289 e. The molecule has 1 fully saturated rings. The molecule has 0 aliphatic carbocycles. The topological polar surface area (TPSA) is 45.9 Å². The van der Waals surface area contributed by atoms with E-state index in [0.717, 1.165) is 5.56 Å². The molecule has 1 aliphatic rings. The zero-order valence-electron chi connectivity index (χ0n) is 16.4. The van der Waals surface area contributed by atoms with Gasteiger partial charge in [0.2, 0.25) is 0 Å². The summed E-state index contributed by atoms with van der Waals surface area (Å²) < 4.78 is 38.4. The number of amides is 1. The van der Waals surface area contributed by atoms with Gasteiger partial charge in [0, 0.05) is 43.7 Å². The Morgan fingerprint density at radius 1 is 1.10 bits per heavy atom. The average Bonchev–Trinajstić information content (AvgIpc) is 3.06. The molecule has 1 aromatic heterocycles. The fraction of sp³-hybridized carbons (Fsp3) is 0.318. The number of aryl methyl sites for hydroxylation is 1. The van der Waals surface area contributed by atoms with E-state index in [4.69, 9.17) is 9.15 Å². The van der Waals surface area contributed by atoms with Crippen molar-refractivity contribution >= 4 is 16.9 Å². The third-order valence-electron chi connectivity index (χ3n) is 5.39. The number of hydrogen-bond acceptors (Lipinski definition) is 4. The molecule has 4 rings (SSSR count). The van der Waals surface area contributed by atoms with Crippen LogP contribution < -0.4 is 4.74 Å². The molecule has 0 spiro atoms. The van der Waals surface area contributed by atoms with E-state index in [1.165, 1.54) is 19.2 Å². The van der Waals surface area contributed by atoms with Crippen LogP contribution in [0.4, 0.5) is 8.78 Å². The average molecular weight is 400 g/mol. The highest BCUT2D eigenvalue weighted by atomic mass is 19.1. The van der Waals surface area contributed by atoms with Crippen LogP contribution in [0.2, 0.25) is 0 Å². The van der Waals surface area contributed by atoms with Gasteiger partial charge in [0.05, 0.1) is 7.11 Å². The molecule has 29 heavy (non-hydrogen) atoms. The third-order valence-corrected chi connectivity index (χ3v) is 5.39. The Kier molecular flexibility index (Phi) is 5.24. The minimum atomic E-state index is -0.471. The Balaban J connectivity index is 1.42. The van der Waals surface area contributed by atoms with Crippen molar-refractivity contribution in [1.82, 2.24) is 9.80 Å². The fourth-order valence-electron chi connectivity index (χ4n) is 3.73. The van der Waals surface area contributed by atoms with Crippen LogP contribution in [0.25, 0.3) is 11.0 Å². The Hall–Kier alpha value is -2.93. The lowest BCUT2D eigenvalue weighted by Crippen LogP contribution is -2.48. The number of carbonyl (C=O) groups excluding carboxylic acids is 1. The van der Waals surface area contributed by atoms with Crippen molar-refractivity contribution in [2.75, 3.05) is 33.3 Å². The maximum absolute atomic E-state index is 14.0. The summed E-state index contributed by atoms with van der Waals surface area (Å²) in [6.07, 6.45) is 0. The van der Waals surface area contributed by atoms with Gasteiger partial charge in [-0.2, -0.15) is 0 Å². The van der Waals surface area contributed by atoms with E-state index in [-0.39, 0.29) is 28.8 Å². The van der Waals surface area contributed by atoms with Gasteiger partial charge in [0.25, 0.3) is 5.91 Å². The highest BCUT2D eigenvalue weighted by Gasteiger charge is 2.27. The predicted octanol–water partition coefficient (Wildman–Crippen LogP) is 3.99. The van der Waals surface area contributed by atoms with Gasteiger partial charge >= 0.3 is 0 Å². The van der Waals surface area contributed by atoms with E-state index >= 15 is 0 Å². The van der Waals surface area contributed by atoms with Crippen LogP contribution in [0, 0.1) is 18.6 Å². The van der Waals surface area contributed by atoms with E-state index in [0.29, 0.717) is 43.7 Å². The Morgan fingerprint density at radius 3 is 2.52 bits per heavy atom. The number of para-hydroxylation sites is 1. The van der Waals surface area contributed by atoms with Crippen LogP contribution in [0.3, 0.4) is 0 Å². The zero-order chi connectivity index (χ0) is 20.5. The second-order valence-corrected chi connectivity index (χ2v) is 7.21. The first-order chi connectivity index (χ1) is 14.0. The summed E-state index contributed by atoms with van der Waals surface area (Å²) in [4.78, 5) is 16.8. The lowest BCUT2D eigenvalue weighted by molar-refractivity contribution is 0.0599. The summed E-state index contributed by atoms with van der Waals surface area (Å²) in [5.74, 6) is -0.668. The van der Waals surface area contributed by atoms with Crippen molar-refractivity contribution in [3.8, 4) is 5.75 Å². The normalized spacial score (nSPS) is 15.1. The lowest BCUT2D eigenvalue weighted by Gasteiger charge is -2.34. The van der Waals surface area contributed by atoms with Gasteiger partial charge in [-0.05, 0) is 30.7 Å². The number of halogens is 2. The van der Waals surface area contributed by atoms with Gasteiger partial charge in [0.15, 0.2) is 28.7 Å². The van der Waals surface area contributed by atoms with E-state index in [9.17, 15) is 13.6 Å². The first-order valence-electron chi connectivity index (χ1n) is 9.49. The van der Waals surface area contributed by atoms with Gasteiger partial charge in [0.1, 0.15) is 0 Å². The standard InChI is InChI=1S/C22H22F2N2O3/c1-14-16-4-3-5-17(23)21(16)29-20(14)22(27)26-10-8-25(9-11-26)13-15-6-7-19(28-2)18(24)12-15/h3-7,12H,8-11,13H2,1-2H3. The summed E-state index contributed by atoms with van der Waals surface area (Å²) in [5.41, 5.74) is 1.63. The highest BCUT2D eigenvalue weighted by Crippen LogP contribution is 2.28. The van der Waals surface area contributed by atoms with Crippen molar-refractivity contribution in [1.29, 1.82) is 0 Å². The molecule has 7 heteroatoms. The molecule has 0 radical (unpaired) electrons. The minimum Gasteiger partial charge on any atom is -0.494 e. The van der Waals surface area contributed by atoms with Crippen LogP contribution in [0.5, 0.6) is 5.75 Å². The second kappa shape index (κ2) is 7.83. The summed E-state index contributed by atoms with van der Waals surface area (Å²) in [6, 6.07) is 9.61. The van der Waals surface area contributed by atoms with Crippen molar-refractivity contribution < 1.29 is 22.7 Å². The number of piperazine rings is 1. The summed E-state index contributed by atoms with van der Waals surface area (Å²) in [6.45, 7) is 4.73. The van der Waals surface area contributed by atoms with Crippen molar-refractivity contribution in [3.63, 3.8) is 0 Å². The quantitative estimate of drug-likeness (QED) is 0.665. The number of nitrogens with zero attached hydrogens (tertiary/aromatic N) is 2. The number of fused-ring (bicyclic) bond motifs is 1. The largest absolute Gasteiger partial charge is 0.494 e. The van der Waals surface area contributed by atoms with E-state index < -0.39 is 5.82 Å². The van der Waals surface area contributed by atoms with Crippen molar-refractivity contribution in [2.24, 2.45) is 0 Å². The van der Waals surface area contributed by atoms with Gasteiger partial charge in [-0.15, -0.1) is 0 Å². The predicted molar refractivity (Wildman–Crippen MR) is 105 cm³/mol. The van der Waals surface area contributed by atoms with Crippen LogP contribution in [0.15, 0.2) is 40.8 Å². The SMILES string of the molecule is COc1ccc(CN2CCN(C(=O)c3oc4c(F)cccc4c3C)CC2)cc1F. The number of carbonyl (C=O) groups is 1. The number of hydrogen-bond donors (Lipinski definition) is 0. The maximum atomic E-state index is 14.0.